The molecular weight excluding hydrogens is 282 g/mol. The number of rotatable bonds is 4. The molecule has 6 nitrogen and oxygen atoms in total. The summed E-state index contributed by atoms with van der Waals surface area (Å²) >= 11 is 0. The van der Waals surface area contributed by atoms with Crippen LogP contribution in [0.2, 0.25) is 0 Å². The summed E-state index contributed by atoms with van der Waals surface area (Å²) in [4.78, 5) is 24.1. The average molecular weight is 303 g/mol. The van der Waals surface area contributed by atoms with Crippen molar-refractivity contribution >= 4 is 11.9 Å². The number of fused-ring (bicyclic) bond motifs is 2. The van der Waals surface area contributed by atoms with Crippen molar-refractivity contribution in [3.63, 3.8) is 0 Å². The maximum absolute atomic E-state index is 12.6. The van der Waals surface area contributed by atoms with Gasteiger partial charge in [0, 0.05) is 18.8 Å². The fraction of sp³-hybridized carbons (Fsp3) is 0.562. The first-order valence-corrected chi connectivity index (χ1v) is 7.60. The monoisotopic (exact) mass is 303 g/mol. The van der Waals surface area contributed by atoms with Gasteiger partial charge < -0.3 is 10.4 Å². The number of carboxylic acids is 1. The fourth-order valence-electron chi connectivity index (χ4n) is 3.95. The predicted molar refractivity (Wildman–Crippen MR) is 79.9 cm³/mol. The molecule has 1 aromatic heterocycles. The molecule has 118 valence electrons. The Labute approximate surface area is 129 Å². The van der Waals surface area contributed by atoms with Crippen LogP contribution in [0, 0.1) is 30.6 Å². The van der Waals surface area contributed by atoms with E-state index in [1.165, 1.54) is 0 Å². The van der Waals surface area contributed by atoms with E-state index < -0.39 is 17.8 Å². The molecule has 0 radical (unpaired) electrons. The van der Waals surface area contributed by atoms with Crippen LogP contribution in [0.4, 0.5) is 0 Å². The minimum Gasteiger partial charge on any atom is -0.481 e. The number of carbonyl (C=O) groups is 2. The minimum absolute atomic E-state index is 0.00585. The summed E-state index contributed by atoms with van der Waals surface area (Å²) in [6, 6.07) is -0.182. The van der Waals surface area contributed by atoms with Gasteiger partial charge in [0.15, 0.2) is 0 Å². The van der Waals surface area contributed by atoms with Gasteiger partial charge in [-0.15, -0.1) is 0 Å². The topological polar surface area (TPSA) is 84.2 Å². The van der Waals surface area contributed by atoms with Crippen molar-refractivity contribution in [1.29, 1.82) is 0 Å². The molecule has 1 amide bonds. The van der Waals surface area contributed by atoms with Gasteiger partial charge in [-0.2, -0.15) is 5.10 Å². The first kappa shape index (κ1) is 14.8. The maximum atomic E-state index is 12.6. The number of nitrogens with zero attached hydrogens (tertiary/aromatic N) is 2. The Balaban J connectivity index is 1.75. The molecule has 5 atom stereocenters. The molecule has 1 fully saturated rings. The first-order chi connectivity index (χ1) is 10.4. The van der Waals surface area contributed by atoms with Crippen molar-refractivity contribution < 1.29 is 14.7 Å². The molecule has 2 N–H and O–H groups in total. The highest BCUT2D eigenvalue weighted by Crippen LogP contribution is 2.48. The third kappa shape index (κ3) is 2.32. The molecule has 0 unspecified atom stereocenters. The Bertz CT molecular complexity index is 649. The summed E-state index contributed by atoms with van der Waals surface area (Å²) in [5.41, 5.74) is 1.83. The van der Waals surface area contributed by atoms with Gasteiger partial charge in [-0.05, 0) is 32.1 Å². The zero-order chi connectivity index (χ0) is 16.0. The number of aromatic nitrogens is 2. The summed E-state index contributed by atoms with van der Waals surface area (Å²) in [5.74, 6) is -2.06. The van der Waals surface area contributed by atoms with E-state index in [9.17, 15) is 14.7 Å². The zero-order valence-corrected chi connectivity index (χ0v) is 13.0. The van der Waals surface area contributed by atoms with Gasteiger partial charge >= 0.3 is 5.97 Å². The van der Waals surface area contributed by atoms with Crippen LogP contribution in [0.25, 0.3) is 0 Å². The Kier molecular flexibility index (Phi) is 3.54. The molecule has 0 aromatic carbocycles. The molecule has 2 aliphatic rings. The van der Waals surface area contributed by atoms with Crippen molar-refractivity contribution in [3.8, 4) is 0 Å². The molecule has 0 aliphatic heterocycles. The number of aryl methyl sites for hydroxylation is 2. The quantitative estimate of drug-likeness (QED) is 0.824. The Hall–Kier alpha value is -2.11. The van der Waals surface area contributed by atoms with Gasteiger partial charge in [0.25, 0.3) is 0 Å². The lowest BCUT2D eigenvalue weighted by atomic mass is 9.82. The Morgan fingerprint density at radius 1 is 1.36 bits per heavy atom. The average Bonchev–Trinajstić information content (AvgIpc) is 3.11. The molecule has 2 aliphatic carbocycles. The van der Waals surface area contributed by atoms with Gasteiger partial charge in [-0.25, -0.2) is 0 Å². The van der Waals surface area contributed by atoms with Crippen molar-refractivity contribution in [2.75, 3.05) is 0 Å². The molecular formula is C16H21N3O3. The minimum atomic E-state index is -0.873. The Morgan fingerprint density at radius 3 is 2.55 bits per heavy atom. The van der Waals surface area contributed by atoms with E-state index >= 15 is 0 Å². The van der Waals surface area contributed by atoms with Gasteiger partial charge in [-0.1, -0.05) is 12.2 Å². The van der Waals surface area contributed by atoms with Crippen LogP contribution in [0.3, 0.4) is 0 Å². The van der Waals surface area contributed by atoms with E-state index in [4.69, 9.17) is 0 Å². The smallest absolute Gasteiger partial charge is 0.307 e. The summed E-state index contributed by atoms with van der Waals surface area (Å²) < 4.78 is 1.72. The van der Waals surface area contributed by atoms with E-state index in [1.54, 1.807) is 4.68 Å². The van der Waals surface area contributed by atoms with Crippen LogP contribution in [0.1, 0.15) is 30.6 Å². The number of carbonyl (C=O) groups excluding carboxylic acids is 1. The molecule has 0 spiro atoms. The summed E-state index contributed by atoms with van der Waals surface area (Å²) in [6.45, 7) is 3.80. The predicted octanol–water partition coefficient (Wildman–Crippen LogP) is 1.43. The second-order valence-corrected chi connectivity index (χ2v) is 6.41. The van der Waals surface area contributed by atoms with Crippen molar-refractivity contribution in [3.05, 3.63) is 29.6 Å². The van der Waals surface area contributed by atoms with Crippen molar-refractivity contribution in [1.82, 2.24) is 15.1 Å². The fourth-order valence-corrected chi connectivity index (χ4v) is 3.95. The number of allylic oxidation sites excluding steroid dienone is 2. The van der Waals surface area contributed by atoms with E-state index in [0.29, 0.717) is 0 Å². The number of hydrogen-bond donors (Lipinski definition) is 2. The second-order valence-electron chi connectivity index (χ2n) is 6.41. The molecule has 22 heavy (non-hydrogen) atoms. The summed E-state index contributed by atoms with van der Waals surface area (Å²) in [5, 5.41) is 16.7. The van der Waals surface area contributed by atoms with Crippen LogP contribution < -0.4 is 5.32 Å². The SMILES string of the molecule is Cc1nn(C)cc1[C@@H](C)NC(=O)[C@H]1[C@@H](C(=O)O)[C@H]2C=C[C@H]1C2. The standard InChI is InChI=1S/C16H21N3O3/c1-8(12-7-19(3)18-9(12)2)17-15(20)13-10-4-5-11(6-10)14(13)16(21)22/h4-5,7-8,10-11,13-14H,6H2,1-3H3,(H,17,20)(H,21,22)/t8-,10+,11+,13-,14+/m1/s1. The number of carboxylic acid groups (broad SMARTS) is 1. The highest BCUT2D eigenvalue weighted by atomic mass is 16.4. The highest BCUT2D eigenvalue weighted by Gasteiger charge is 2.51. The van der Waals surface area contributed by atoms with Gasteiger partial charge in [0.05, 0.1) is 23.6 Å². The van der Waals surface area contributed by atoms with E-state index in [-0.39, 0.29) is 23.8 Å². The largest absolute Gasteiger partial charge is 0.481 e. The van der Waals surface area contributed by atoms with Gasteiger partial charge in [0.1, 0.15) is 0 Å². The Morgan fingerprint density at radius 2 is 2.00 bits per heavy atom. The lowest BCUT2D eigenvalue weighted by Gasteiger charge is -2.25. The van der Waals surface area contributed by atoms with E-state index in [2.05, 4.69) is 10.4 Å². The van der Waals surface area contributed by atoms with Gasteiger partial charge in [0.2, 0.25) is 5.91 Å². The number of aliphatic carboxylic acids is 1. The van der Waals surface area contributed by atoms with Crippen LogP contribution >= 0.6 is 0 Å². The lowest BCUT2D eigenvalue weighted by Crippen LogP contribution is -2.41. The van der Waals surface area contributed by atoms with E-state index in [1.807, 2.05) is 39.2 Å². The number of nitrogens with one attached hydrogen (secondary N) is 1. The van der Waals surface area contributed by atoms with Crippen LogP contribution in [-0.2, 0) is 16.6 Å². The number of amides is 1. The molecule has 2 bridgehead atoms. The van der Waals surface area contributed by atoms with E-state index in [0.717, 1.165) is 17.7 Å². The molecule has 0 saturated heterocycles. The molecule has 6 heteroatoms. The van der Waals surface area contributed by atoms with Crippen LogP contribution in [0.15, 0.2) is 18.3 Å². The molecule has 1 heterocycles. The molecule has 1 saturated carbocycles. The number of hydrogen-bond acceptors (Lipinski definition) is 3. The van der Waals surface area contributed by atoms with Crippen LogP contribution in [-0.4, -0.2) is 26.8 Å². The lowest BCUT2D eigenvalue weighted by molar-refractivity contribution is -0.148. The van der Waals surface area contributed by atoms with Gasteiger partial charge in [-0.3, -0.25) is 14.3 Å². The third-order valence-corrected chi connectivity index (χ3v) is 4.92. The maximum Gasteiger partial charge on any atom is 0.307 e. The zero-order valence-electron chi connectivity index (χ0n) is 13.0. The first-order valence-electron chi connectivity index (χ1n) is 7.60. The molecule has 1 aromatic rings. The van der Waals surface area contributed by atoms with Crippen molar-refractivity contribution in [2.45, 2.75) is 26.3 Å². The normalized spacial score (nSPS) is 30.5. The molecule has 3 rings (SSSR count). The second kappa shape index (κ2) is 5.26. The third-order valence-electron chi connectivity index (χ3n) is 4.92. The van der Waals surface area contributed by atoms with Crippen LogP contribution in [0.5, 0.6) is 0 Å². The summed E-state index contributed by atoms with van der Waals surface area (Å²) in [7, 11) is 1.84. The summed E-state index contributed by atoms with van der Waals surface area (Å²) in [6.07, 6.45) is 6.60. The van der Waals surface area contributed by atoms with Crippen molar-refractivity contribution in [2.24, 2.45) is 30.7 Å². The highest BCUT2D eigenvalue weighted by molar-refractivity contribution is 5.87.